The first-order chi connectivity index (χ1) is 24.1. The average Bonchev–Trinajstić information content (AvgIpc) is 3.88. The second-order valence-corrected chi connectivity index (χ2v) is 16.0. The Morgan fingerprint density at radius 3 is 2.48 bits per heavy atom. The number of nitrogens with two attached hydrogens (primary N) is 1. The number of rotatable bonds is 10. The van der Waals surface area contributed by atoms with Crippen molar-refractivity contribution in [3.8, 4) is 16.9 Å². The number of hydrogen-bond acceptors (Lipinski definition) is 8. The fourth-order valence-corrected chi connectivity index (χ4v) is 8.66. The van der Waals surface area contributed by atoms with Gasteiger partial charge in [0.15, 0.2) is 0 Å². The number of aromatic amines is 1. The lowest BCUT2D eigenvalue weighted by Gasteiger charge is -2.33. The zero-order valence-electron chi connectivity index (χ0n) is 27.7. The summed E-state index contributed by atoms with van der Waals surface area (Å²) in [5.41, 5.74) is 12.4. The molecule has 0 aliphatic carbocycles. The molecule has 2 atom stereocenters. The van der Waals surface area contributed by atoms with Crippen molar-refractivity contribution < 1.29 is 8.42 Å². The van der Waals surface area contributed by atoms with Crippen LogP contribution in [0.25, 0.3) is 22.5 Å². The maximum absolute atomic E-state index is 12.3. The van der Waals surface area contributed by atoms with E-state index >= 15 is 0 Å². The van der Waals surface area contributed by atoms with E-state index in [4.69, 9.17) is 33.9 Å². The third-order valence-electron chi connectivity index (χ3n) is 9.95. The first kappa shape index (κ1) is 34.2. The molecule has 5 aromatic rings. The van der Waals surface area contributed by atoms with Gasteiger partial charge in [-0.05, 0) is 101 Å². The van der Waals surface area contributed by atoms with Crippen molar-refractivity contribution in [2.75, 3.05) is 31.6 Å². The molecule has 0 bridgehead atoms. The monoisotopic (exact) mass is 731 g/mol. The molecule has 260 valence electrons. The minimum Gasteiger partial charge on any atom is -0.399 e. The number of sulfonamides is 1. The number of tetrazole rings is 1. The number of anilines is 1. The second kappa shape index (κ2) is 14.6. The van der Waals surface area contributed by atoms with Gasteiger partial charge in [-0.15, -0.1) is 5.10 Å². The molecule has 2 aliphatic heterocycles. The molecule has 0 unspecified atom stereocenters. The van der Waals surface area contributed by atoms with Crippen LogP contribution in [0.15, 0.2) is 85.3 Å². The molecule has 14 heteroatoms. The molecule has 0 amide bonds. The molecular formula is C36H39Cl2N9O2S. The number of aryl methyl sites for hydroxylation is 1. The summed E-state index contributed by atoms with van der Waals surface area (Å²) in [6.45, 7) is 1.91. The Bertz CT molecular complexity index is 2060. The number of H-pyrrole nitrogens is 1. The fraction of sp³-hybridized carbons (Fsp3) is 0.333. The van der Waals surface area contributed by atoms with Gasteiger partial charge < -0.3 is 15.6 Å². The number of benzene rings is 3. The second-order valence-electron chi connectivity index (χ2n) is 13.2. The number of aromatic nitrogens is 6. The number of nitrogen functional groups attached to an aromatic ring is 1. The number of imidazole rings is 1. The molecule has 2 saturated heterocycles. The lowest BCUT2D eigenvalue weighted by atomic mass is 9.83. The third-order valence-corrected chi connectivity index (χ3v) is 11.8. The predicted molar refractivity (Wildman–Crippen MR) is 197 cm³/mol. The number of nitrogens with one attached hydrogen (secondary N) is 1. The van der Waals surface area contributed by atoms with Crippen molar-refractivity contribution in [1.82, 2.24) is 39.4 Å². The number of allylic oxidation sites excluding steroid dienone is 1. The SMILES string of the molecule is CS(=O)(=O)N1CCC([C@H]2C[C@@H](c3nc(-c4ccc(N)cc4)c(Cl)[nH]3)N(/C=C(\CCc3cc(Cl)ccc3-n3cnnn3)c3ccccc3)C2)CC1. The quantitative estimate of drug-likeness (QED) is 0.152. The maximum atomic E-state index is 12.3. The van der Waals surface area contributed by atoms with Crippen LogP contribution in [-0.2, 0) is 16.4 Å². The van der Waals surface area contributed by atoms with E-state index in [1.165, 1.54) is 11.8 Å². The van der Waals surface area contributed by atoms with E-state index < -0.39 is 10.0 Å². The predicted octanol–water partition coefficient (Wildman–Crippen LogP) is 6.65. The number of halogens is 2. The number of hydrogen-bond donors (Lipinski definition) is 2. The van der Waals surface area contributed by atoms with Crippen LogP contribution in [-0.4, -0.2) is 73.7 Å². The first-order valence-electron chi connectivity index (χ1n) is 16.7. The maximum Gasteiger partial charge on any atom is 0.211 e. The van der Waals surface area contributed by atoms with Gasteiger partial charge in [0.1, 0.15) is 23.0 Å². The van der Waals surface area contributed by atoms with Crippen molar-refractivity contribution in [3.63, 3.8) is 0 Å². The van der Waals surface area contributed by atoms with Crippen LogP contribution in [0.4, 0.5) is 5.69 Å². The third kappa shape index (κ3) is 7.58. The highest BCUT2D eigenvalue weighted by molar-refractivity contribution is 7.88. The lowest BCUT2D eigenvalue weighted by molar-refractivity contribution is 0.211. The molecule has 0 saturated carbocycles. The van der Waals surface area contributed by atoms with Crippen LogP contribution in [0.3, 0.4) is 0 Å². The molecule has 2 aromatic heterocycles. The van der Waals surface area contributed by atoms with Gasteiger partial charge in [-0.2, -0.15) is 0 Å². The molecule has 7 rings (SSSR count). The van der Waals surface area contributed by atoms with Gasteiger partial charge in [0, 0.05) is 42.1 Å². The molecule has 2 fully saturated rings. The molecule has 11 nitrogen and oxygen atoms in total. The van der Waals surface area contributed by atoms with Crippen LogP contribution in [0.1, 0.15) is 48.7 Å². The van der Waals surface area contributed by atoms with Gasteiger partial charge in [0.25, 0.3) is 0 Å². The normalized spacial score (nSPS) is 19.3. The van der Waals surface area contributed by atoms with Crippen molar-refractivity contribution in [2.24, 2.45) is 11.8 Å². The van der Waals surface area contributed by atoms with E-state index in [9.17, 15) is 8.42 Å². The number of piperidine rings is 1. The van der Waals surface area contributed by atoms with Crippen LogP contribution in [0, 0.1) is 11.8 Å². The van der Waals surface area contributed by atoms with Crippen LogP contribution in [0.5, 0.6) is 0 Å². The molecule has 50 heavy (non-hydrogen) atoms. The Kier molecular flexibility index (Phi) is 9.96. The average molecular weight is 733 g/mol. The smallest absolute Gasteiger partial charge is 0.211 e. The molecule has 3 N–H and O–H groups in total. The Hall–Kier alpha value is -4.23. The molecule has 3 aromatic carbocycles. The first-order valence-corrected chi connectivity index (χ1v) is 19.3. The summed E-state index contributed by atoms with van der Waals surface area (Å²) in [4.78, 5) is 10.9. The Labute approximate surface area is 302 Å². The van der Waals surface area contributed by atoms with E-state index in [-0.39, 0.29) is 6.04 Å². The Morgan fingerprint density at radius 1 is 1.02 bits per heavy atom. The molecular weight excluding hydrogens is 693 g/mol. The van der Waals surface area contributed by atoms with Gasteiger partial charge >= 0.3 is 0 Å². The van der Waals surface area contributed by atoms with Crippen molar-refractivity contribution in [1.29, 1.82) is 0 Å². The molecule has 2 aliphatic rings. The van der Waals surface area contributed by atoms with Crippen molar-refractivity contribution in [2.45, 2.75) is 38.1 Å². The fourth-order valence-electron chi connectivity index (χ4n) is 7.34. The number of nitrogens with zero attached hydrogens (tertiary/aromatic N) is 7. The van der Waals surface area contributed by atoms with Gasteiger partial charge in [0.05, 0.1) is 18.0 Å². The summed E-state index contributed by atoms with van der Waals surface area (Å²) in [6.07, 6.45) is 9.13. The van der Waals surface area contributed by atoms with Crippen LogP contribution >= 0.6 is 23.2 Å². The summed E-state index contributed by atoms with van der Waals surface area (Å²) >= 11 is 13.3. The van der Waals surface area contributed by atoms with Crippen molar-refractivity contribution in [3.05, 3.63) is 112 Å². The topological polar surface area (TPSA) is 139 Å². The van der Waals surface area contributed by atoms with E-state index in [2.05, 4.69) is 55.9 Å². The highest BCUT2D eigenvalue weighted by atomic mass is 35.5. The summed E-state index contributed by atoms with van der Waals surface area (Å²) in [6, 6.07) is 23.7. The van der Waals surface area contributed by atoms with E-state index in [1.807, 2.05) is 48.5 Å². The van der Waals surface area contributed by atoms with Crippen molar-refractivity contribution >= 4 is 44.5 Å². The van der Waals surface area contributed by atoms with Gasteiger partial charge in [-0.1, -0.05) is 65.7 Å². The minimum atomic E-state index is -3.21. The highest BCUT2D eigenvalue weighted by Gasteiger charge is 2.40. The summed E-state index contributed by atoms with van der Waals surface area (Å²) in [5.74, 6) is 1.54. The summed E-state index contributed by atoms with van der Waals surface area (Å²) < 4.78 is 27.8. The zero-order valence-corrected chi connectivity index (χ0v) is 30.0. The van der Waals surface area contributed by atoms with Crippen LogP contribution in [0.2, 0.25) is 10.2 Å². The van der Waals surface area contributed by atoms with Gasteiger partial charge in [-0.25, -0.2) is 22.4 Å². The lowest BCUT2D eigenvalue weighted by Crippen LogP contribution is -2.39. The zero-order chi connectivity index (χ0) is 34.8. The van der Waals surface area contributed by atoms with E-state index in [0.29, 0.717) is 52.9 Å². The Balaban J connectivity index is 1.22. The Morgan fingerprint density at radius 2 is 1.78 bits per heavy atom. The van der Waals surface area contributed by atoms with E-state index in [1.54, 1.807) is 15.3 Å². The largest absolute Gasteiger partial charge is 0.399 e. The summed E-state index contributed by atoms with van der Waals surface area (Å²) in [7, 11) is -3.21. The highest BCUT2D eigenvalue weighted by Crippen LogP contribution is 2.43. The number of likely N-dealkylation sites (tertiary alicyclic amines) is 1. The molecule has 0 spiro atoms. The molecule has 4 heterocycles. The summed E-state index contributed by atoms with van der Waals surface area (Å²) in [5, 5.41) is 12.9. The molecule has 0 radical (unpaired) electrons. The van der Waals surface area contributed by atoms with Crippen LogP contribution < -0.4 is 5.73 Å². The minimum absolute atomic E-state index is 0.0605. The van der Waals surface area contributed by atoms with Gasteiger partial charge in [-0.3, -0.25) is 0 Å². The standard InChI is InChI=1S/C36H39Cl2N9O2S/c1-50(48,49)46-17-15-25(16-18-46)29-20-33(36-41-34(35(38)42-36)26-9-12-31(39)13-10-26)45(22-29)21-28(24-5-3-2-4-6-24)8-7-27-19-30(37)11-14-32(27)47-23-40-43-44-47/h2-6,9-14,19,21,23,25,29,33H,7-8,15-18,20,22,39H2,1H3,(H,41,42)/b28-21+/t29-,33-/m0/s1. The van der Waals surface area contributed by atoms with E-state index in [0.717, 1.165) is 60.4 Å². The van der Waals surface area contributed by atoms with Gasteiger partial charge in [0.2, 0.25) is 10.0 Å².